The van der Waals surface area contributed by atoms with E-state index in [2.05, 4.69) is 4.74 Å². The van der Waals surface area contributed by atoms with Crippen LogP contribution in [0.2, 0.25) is 0 Å². The molecule has 0 aromatic carbocycles. The fraction of sp³-hybridized carbons (Fsp3) is 0.875. The highest BCUT2D eigenvalue weighted by Crippen LogP contribution is 1.96. The molecule has 0 unspecified atom stereocenters. The van der Waals surface area contributed by atoms with Gasteiger partial charge in [0.15, 0.2) is 0 Å². The molecule has 1 aliphatic rings. The molecule has 0 aromatic heterocycles. The van der Waals surface area contributed by atoms with Gasteiger partial charge in [0.1, 0.15) is 6.61 Å². The van der Waals surface area contributed by atoms with Crippen LogP contribution < -0.4 is 5.73 Å². The summed E-state index contributed by atoms with van der Waals surface area (Å²) in [6.07, 6.45) is -0.208. The van der Waals surface area contributed by atoms with Crippen molar-refractivity contribution in [3.05, 3.63) is 0 Å². The summed E-state index contributed by atoms with van der Waals surface area (Å²) in [7, 11) is 1.72. The maximum Gasteiger partial charge on any atom is 0.409 e. The second-order valence-corrected chi connectivity index (χ2v) is 1.94. The first kappa shape index (κ1) is 13.8. The number of nitrogens with zero attached hydrogens (tertiary/aromatic N) is 1. The molecule has 1 amide bonds. The molecular formula is C8H20N2O2. The summed E-state index contributed by atoms with van der Waals surface area (Å²) in [5.74, 6) is 0. The summed E-state index contributed by atoms with van der Waals surface area (Å²) in [6.45, 7) is 7.94. The Labute approximate surface area is 74.7 Å². The molecular weight excluding hydrogens is 156 g/mol. The monoisotopic (exact) mass is 176 g/mol. The van der Waals surface area contributed by atoms with Gasteiger partial charge in [0.25, 0.3) is 0 Å². The SMILES string of the molecule is CC.CCN.CN1CCOC1=O. The van der Waals surface area contributed by atoms with E-state index in [9.17, 15) is 4.79 Å². The standard InChI is InChI=1S/C4H7NO2.C2H7N.C2H6/c1-5-2-3-7-4(5)6;1-2-3;1-2/h2-3H2,1H3;2-3H2,1H3;1-2H3. The minimum Gasteiger partial charge on any atom is -0.448 e. The number of carbonyl (C=O) groups is 1. The van der Waals surface area contributed by atoms with Gasteiger partial charge in [-0.3, -0.25) is 0 Å². The molecule has 4 nitrogen and oxygen atoms in total. The highest BCUT2D eigenvalue weighted by molar-refractivity contribution is 5.68. The number of nitrogens with two attached hydrogens (primary N) is 1. The molecule has 0 atom stereocenters. The van der Waals surface area contributed by atoms with Gasteiger partial charge in [-0.15, -0.1) is 0 Å². The lowest BCUT2D eigenvalue weighted by Crippen LogP contribution is -2.17. The van der Waals surface area contributed by atoms with Crippen LogP contribution in [0.3, 0.4) is 0 Å². The topological polar surface area (TPSA) is 55.6 Å². The van der Waals surface area contributed by atoms with E-state index in [0.717, 1.165) is 13.1 Å². The van der Waals surface area contributed by atoms with Crippen molar-refractivity contribution in [2.45, 2.75) is 20.8 Å². The van der Waals surface area contributed by atoms with Crippen LogP contribution in [0.15, 0.2) is 0 Å². The number of ether oxygens (including phenoxy) is 1. The highest BCUT2D eigenvalue weighted by Gasteiger charge is 2.15. The Morgan fingerprint density at radius 2 is 2.00 bits per heavy atom. The third-order valence-corrected chi connectivity index (χ3v) is 0.964. The number of hydrogen-bond donors (Lipinski definition) is 1. The van der Waals surface area contributed by atoms with Crippen molar-refractivity contribution in [1.29, 1.82) is 0 Å². The van der Waals surface area contributed by atoms with E-state index in [1.165, 1.54) is 0 Å². The van der Waals surface area contributed by atoms with E-state index in [0.29, 0.717) is 6.61 Å². The molecule has 0 saturated carbocycles. The molecule has 2 N–H and O–H groups in total. The van der Waals surface area contributed by atoms with Gasteiger partial charge < -0.3 is 15.4 Å². The molecule has 0 spiro atoms. The molecule has 74 valence electrons. The molecule has 4 heteroatoms. The Morgan fingerprint density at radius 1 is 1.58 bits per heavy atom. The maximum absolute atomic E-state index is 10.3. The first-order chi connectivity index (χ1) is 5.72. The zero-order valence-corrected chi connectivity index (χ0v) is 8.46. The van der Waals surface area contributed by atoms with Gasteiger partial charge in [-0.25, -0.2) is 4.79 Å². The Bertz CT molecular complexity index is 107. The molecule has 12 heavy (non-hydrogen) atoms. The average molecular weight is 176 g/mol. The maximum atomic E-state index is 10.3. The van der Waals surface area contributed by atoms with Crippen LogP contribution >= 0.6 is 0 Å². The van der Waals surface area contributed by atoms with Crippen molar-refractivity contribution >= 4 is 6.09 Å². The zero-order chi connectivity index (χ0) is 9.98. The summed E-state index contributed by atoms with van der Waals surface area (Å²) in [6, 6.07) is 0. The van der Waals surface area contributed by atoms with Crippen LogP contribution in [0, 0.1) is 0 Å². The zero-order valence-electron chi connectivity index (χ0n) is 8.46. The number of carbonyl (C=O) groups excluding carboxylic acids is 1. The summed E-state index contributed by atoms with van der Waals surface area (Å²) in [4.78, 5) is 11.8. The summed E-state index contributed by atoms with van der Waals surface area (Å²) in [5, 5.41) is 0. The minimum absolute atomic E-state index is 0.208. The van der Waals surface area contributed by atoms with E-state index >= 15 is 0 Å². The van der Waals surface area contributed by atoms with E-state index in [-0.39, 0.29) is 6.09 Å². The van der Waals surface area contributed by atoms with E-state index in [1.54, 1.807) is 11.9 Å². The molecule has 1 rings (SSSR count). The van der Waals surface area contributed by atoms with Gasteiger partial charge in [-0.05, 0) is 6.54 Å². The van der Waals surface area contributed by atoms with Crippen molar-refractivity contribution in [1.82, 2.24) is 4.90 Å². The smallest absolute Gasteiger partial charge is 0.409 e. The predicted octanol–water partition coefficient (Wildman–Crippen LogP) is 1.06. The van der Waals surface area contributed by atoms with E-state index < -0.39 is 0 Å². The lowest BCUT2D eigenvalue weighted by Gasteiger charge is -1.98. The Balaban J connectivity index is 0. The lowest BCUT2D eigenvalue weighted by atomic mass is 10.7. The fourth-order valence-corrected chi connectivity index (χ4v) is 0.471. The molecule has 1 saturated heterocycles. The van der Waals surface area contributed by atoms with Crippen LogP contribution in [-0.4, -0.2) is 37.7 Å². The quantitative estimate of drug-likeness (QED) is 0.600. The van der Waals surface area contributed by atoms with Crippen molar-refractivity contribution in [2.24, 2.45) is 5.73 Å². The molecule has 0 aromatic rings. The summed E-state index contributed by atoms with van der Waals surface area (Å²) < 4.78 is 4.55. The van der Waals surface area contributed by atoms with Crippen LogP contribution in [0.4, 0.5) is 4.79 Å². The largest absolute Gasteiger partial charge is 0.448 e. The van der Waals surface area contributed by atoms with Gasteiger partial charge in [-0.1, -0.05) is 20.8 Å². The molecule has 1 heterocycles. The predicted molar refractivity (Wildman–Crippen MR) is 50.1 cm³/mol. The van der Waals surface area contributed by atoms with Crippen LogP contribution in [0.1, 0.15) is 20.8 Å². The average Bonchev–Trinajstić information content (AvgIpc) is 2.42. The number of cyclic esters (lactones) is 1. The Morgan fingerprint density at radius 3 is 2.08 bits per heavy atom. The number of likely N-dealkylation sites (N-methyl/N-ethyl adjacent to an activating group) is 1. The van der Waals surface area contributed by atoms with Crippen molar-refractivity contribution in [3.8, 4) is 0 Å². The van der Waals surface area contributed by atoms with Gasteiger partial charge in [-0.2, -0.15) is 0 Å². The Hall–Kier alpha value is -0.770. The molecule has 1 aliphatic heterocycles. The molecule has 0 aliphatic carbocycles. The van der Waals surface area contributed by atoms with Crippen LogP contribution in [0.5, 0.6) is 0 Å². The number of amides is 1. The second-order valence-electron chi connectivity index (χ2n) is 1.94. The number of hydrogen-bond acceptors (Lipinski definition) is 3. The van der Waals surface area contributed by atoms with Crippen LogP contribution in [0.25, 0.3) is 0 Å². The molecule has 1 fully saturated rings. The van der Waals surface area contributed by atoms with Gasteiger partial charge >= 0.3 is 6.09 Å². The van der Waals surface area contributed by atoms with E-state index in [4.69, 9.17) is 5.73 Å². The van der Waals surface area contributed by atoms with Gasteiger partial charge in [0.05, 0.1) is 6.54 Å². The van der Waals surface area contributed by atoms with E-state index in [1.807, 2.05) is 20.8 Å². The van der Waals surface area contributed by atoms with Crippen molar-refractivity contribution < 1.29 is 9.53 Å². The highest BCUT2D eigenvalue weighted by atomic mass is 16.6. The fourth-order valence-electron chi connectivity index (χ4n) is 0.471. The summed E-state index contributed by atoms with van der Waals surface area (Å²) in [5.41, 5.74) is 4.85. The molecule has 0 radical (unpaired) electrons. The van der Waals surface area contributed by atoms with Crippen molar-refractivity contribution in [2.75, 3.05) is 26.7 Å². The normalized spacial score (nSPS) is 13.8. The third kappa shape index (κ3) is 7.34. The third-order valence-electron chi connectivity index (χ3n) is 0.964. The van der Waals surface area contributed by atoms with Crippen molar-refractivity contribution in [3.63, 3.8) is 0 Å². The Kier molecular flexibility index (Phi) is 11.8. The van der Waals surface area contributed by atoms with Gasteiger partial charge in [0.2, 0.25) is 0 Å². The first-order valence-electron chi connectivity index (χ1n) is 4.30. The number of rotatable bonds is 0. The minimum atomic E-state index is -0.208. The first-order valence-corrected chi connectivity index (χ1v) is 4.30. The summed E-state index contributed by atoms with van der Waals surface area (Å²) >= 11 is 0. The lowest BCUT2D eigenvalue weighted by molar-refractivity contribution is 0.163. The van der Waals surface area contributed by atoms with Crippen LogP contribution in [-0.2, 0) is 4.74 Å². The second kappa shape index (κ2) is 10.2. The van der Waals surface area contributed by atoms with Gasteiger partial charge in [0, 0.05) is 7.05 Å². The molecule has 0 bridgehead atoms.